The number of ether oxygens (including phenoxy) is 1. The summed E-state index contributed by atoms with van der Waals surface area (Å²) in [6.07, 6.45) is 5.19. The van der Waals surface area contributed by atoms with Crippen molar-refractivity contribution in [3.63, 3.8) is 0 Å². The quantitative estimate of drug-likeness (QED) is 0.668. The molecule has 0 atom stereocenters. The molecule has 0 amide bonds. The first-order valence-electron chi connectivity index (χ1n) is 6.52. The van der Waals surface area contributed by atoms with E-state index in [0.29, 0.717) is 11.3 Å². The molecule has 0 aliphatic heterocycles. The van der Waals surface area contributed by atoms with Crippen molar-refractivity contribution in [2.24, 2.45) is 0 Å². The summed E-state index contributed by atoms with van der Waals surface area (Å²) in [6, 6.07) is 16.7. The Morgan fingerprint density at radius 2 is 1.86 bits per heavy atom. The summed E-state index contributed by atoms with van der Waals surface area (Å²) >= 11 is 0. The van der Waals surface area contributed by atoms with Crippen LogP contribution in [-0.2, 0) is 4.79 Å². The number of hydrogen-bond donors (Lipinski definition) is 1. The van der Waals surface area contributed by atoms with E-state index in [1.165, 1.54) is 0 Å². The molecule has 106 valence electrons. The van der Waals surface area contributed by atoms with Crippen LogP contribution in [0.3, 0.4) is 0 Å². The molecule has 0 aromatic heterocycles. The Bertz CT molecular complexity index is 670. The first kappa shape index (κ1) is 14.6. The Balaban J connectivity index is 2.28. The number of methoxy groups -OCH3 is 1. The van der Waals surface area contributed by atoms with E-state index in [2.05, 4.69) is 0 Å². The summed E-state index contributed by atoms with van der Waals surface area (Å²) in [5.41, 5.74) is 1.85. The third-order valence-electron chi connectivity index (χ3n) is 2.96. The van der Waals surface area contributed by atoms with Crippen molar-refractivity contribution in [1.82, 2.24) is 0 Å². The number of hydrogen-bond acceptors (Lipinski definition) is 2. The van der Waals surface area contributed by atoms with Gasteiger partial charge in [-0.25, -0.2) is 4.79 Å². The maximum atomic E-state index is 11.4. The Morgan fingerprint density at radius 3 is 2.52 bits per heavy atom. The first-order chi connectivity index (χ1) is 10.2. The van der Waals surface area contributed by atoms with Gasteiger partial charge in [-0.15, -0.1) is 0 Å². The topological polar surface area (TPSA) is 46.5 Å². The lowest BCUT2D eigenvalue weighted by Gasteiger charge is -2.04. The van der Waals surface area contributed by atoms with Gasteiger partial charge in [-0.1, -0.05) is 54.6 Å². The number of rotatable bonds is 5. The van der Waals surface area contributed by atoms with Crippen LogP contribution in [0, 0.1) is 0 Å². The van der Waals surface area contributed by atoms with Crippen LogP contribution in [0.1, 0.15) is 11.1 Å². The first-order valence-corrected chi connectivity index (χ1v) is 6.52. The summed E-state index contributed by atoms with van der Waals surface area (Å²) in [4.78, 5) is 11.4. The third kappa shape index (κ3) is 4.08. The van der Waals surface area contributed by atoms with Crippen LogP contribution in [0.5, 0.6) is 5.75 Å². The SMILES string of the molecule is COc1cccc(C(=CC=Cc2ccccc2)C(=O)O)c1. The van der Waals surface area contributed by atoms with Crippen molar-refractivity contribution in [3.8, 4) is 5.75 Å². The lowest BCUT2D eigenvalue weighted by atomic mass is 10.0. The fourth-order valence-electron chi connectivity index (χ4n) is 1.90. The van der Waals surface area contributed by atoms with Crippen LogP contribution in [0.15, 0.2) is 66.7 Å². The molecular formula is C18H16O3. The molecule has 0 radical (unpaired) electrons. The number of aliphatic carboxylic acids is 1. The van der Waals surface area contributed by atoms with Gasteiger partial charge in [0.1, 0.15) is 5.75 Å². The lowest BCUT2D eigenvalue weighted by Crippen LogP contribution is -1.99. The Labute approximate surface area is 123 Å². The molecule has 0 spiro atoms. The number of benzene rings is 2. The van der Waals surface area contributed by atoms with Gasteiger partial charge in [0.2, 0.25) is 0 Å². The Morgan fingerprint density at radius 1 is 1.10 bits per heavy atom. The van der Waals surface area contributed by atoms with E-state index in [4.69, 9.17) is 4.74 Å². The molecule has 0 bridgehead atoms. The molecule has 21 heavy (non-hydrogen) atoms. The molecule has 0 fully saturated rings. The monoisotopic (exact) mass is 280 g/mol. The van der Waals surface area contributed by atoms with Crippen molar-refractivity contribution >= 4 is 17.6 Å². The van der Waals surface area contributed by atoms with Crippen molar-refractivity contribution in [2.75, 3.05) is 7.11 Å². The molecule has 2 aromatic rings. The smallest absolute Gasteiger partial charge is 0.336 e. The van der Waals surface area contributed by atoms with Crippen molar-refractivity contribution in [3.05, 3.63) is 77.9 Å². The van der Waals surface area contributed by atoms with E-state index < -0.39 is 5.97 Å². The maximum Gasteiger partial charge on any atom is 0.336 e. The molecule has 0 saturated heterocycles. The second-order valence-corrected chi connectivity index (χ2v) is 4.39. The highest BCUT2D eigenvalue weighted by atomic mass is 16.5. The van der Waals surface area contributed by atoms with Crippen LogP contribution < -0.4 is 4.74 Å². The summed E-state index contributed by atoms with van der Waals surface area (Å²) < 4.78 is 5.12. The van der Waals surface area contributed by atoms with E-state index in [9.17, 15) is 9.90 Å². The molecule has 2 rings (SSSR count). The van der Waals surface area contributed by atoms with Gasteiger partial charge in [0, 0.05) is 0 Å². The summed E-state index contributed by atoms with van der Waals surface area (Å²) in [5, 5.41) is 9.34. The lowest BCUT2D eigenvalue weighted by molar-refractivity contribution is -0.130. The number of carbonyl (C=O) groups is 1. The normalized spacial score (nSPS) is 11.6. The average Bonchev–Trinajstić information content (AvgIpc) is 2.52. The molecule has 2 aromatic carbocycles. The molecule has 3 heteroatoms. The largest absolute Gasteiger partial charge is 0.497 e. The number of allylic oxidation sites excluding steroid dienone is 2. The van der Waals surface area contributed by atoms with Crippen molar-refractivity contribution in [2.45, 2.75) is 0 Å². The zero-order chi connectivity index (χ0) is 15.1. The molecule has 0 unspecified atom stereocenters. The minimum absolute atomic E-state index is 0.223. The fourth-order valence-corrected chi connectivity index (χ4v) is 1.90. The molecular weight excluding hydrogens is 264 g/mol. The van der Waals surface area contributed by atoms with Gasteiger partial charge in [0.15, 0.2) is 0 Å². The molecule has 0 heterocycles. The van der Waals surface area contributed by atoms with Gasteiger partial charge >= 0.3 is 5.97 Å². The summed E-state index contributed by atoms with van der Waals surface area (Å²) in [6.45, 7) is 0. The van der Waals surface area contributed by atoms with Gasteiger partial charge in [-0.2, -0.15) is 0 Å². The van der Waals surface area contributed by atoms with E-state index in [1.807, 2.05) is 36.4 Å². The zero-order valence-electron chi connectivity index (χ0n) is 11.7. The summed E-state index contributed by atoms with van der Waals surface area (Å²) in [7, 11) is 1.55. The van der Waals surface area contributed by atoms with E-state index in [1.54, 1.807) is 43.5 Å². The molecule has 1 N–H and O–H groups in total. The highest BCUT2D eigenvalue weighted by molar-refractivity contribution is 6.15. The highest BCUT2D eigenvalue weighted by Crippen LogP contribution is 2.20. The van der Waals surface area contributed by atoms with Crippen LogP contribution in [0.4, 0.5) is 0 Å². The minimum atomic E-state index is -0.971. The zero-order valence-corrected chi connectivity index (χ0v) is 11.7. The standard InChI is InChI=1S/C18H16O3/c1-21-16-11-6-10-15(13-16)17(18(19)20)12-5-9-14-7-3-2-4-8-14/h2-13H,1H3,(H,19,20). The van der Waals surface area contributed by atoms with Crippen LogP contribution in [0.2, 0.25) is 0 Å². The van der Waals surface area contributed by atoms with Gasteiger partial charge in [0.25, 0.3) is 0 Å². The second kappa shape index (κ2) is 7.10. The maximum absolute atomic E-state index is 11.4. The Kier molecular flexibility index (Phi) is 4.94. The Hall–Kier alpha value is -2.81. The van der Waals surface area contributed by atoms with Gasteiger partial charge in [0.05, 0.1) is 12.7 Å². The van der Waals surface area contributed by atoms with E-state index in [0.717, 1.165) is 5.56 Å². The fraction of sp³-hybridized carbons (Fsp3) is 0.0556. The van der Waals surface area contributed by atoms with Crippen LogP contribution in [0.25, 0.3) is 11.6 Å². The van der Waals surface area contributed by atoms with Gasteiger partial charge in [-0.05, 0) is 29.3 Å². The van der Waals surface area contributed by atoms with Crippen LogP contribution >= 0.6 is 0 Å². The number of carboxylic acid groups (broad SMARTS) is 1. The predicted octanol–water partition coefficient (Wildman–Crippen LogP) is 3.88. The molecule has 0 aliphatic rings. The highest BCUT2D eigenvalue weighted by Gasteiger charge is 2.09. The second-order valence-electron chi connectivity index (χ2n) is 4.39. The summed E-state index contributed by atoms with van der Waals surface area (Å²) in [5.74, 6) is -0.340. The predicted molar refractivity (Wildman–Crippen MR) is 84.1 cm³/mol. The van der Waals surface area contributed by atoms with Crippen LogP contribution in [-0.4, -0.2) is 18.2 Å². The van der Waals surface area contributed by atoms with Gasteiger partial charge in [-0.3, -0.25) is 0 Å². The average molecular weight is 280 g/mol. The number of carboxylic acids is 1. The third-order valence-corrected chi connectivity index (χ3v) is 2.96. The molecule has 0 aliphatic carbocycles. The minimum Gasteiger partial charge on any atom is -0.497 e. The van der Waals surface area contributed by atoms with E-state index >= 15 is 0 Å². The van der Waals surface area contributed by atoms with E-state index in [-0.39, 0.29) is 5.57 Å². The molecule has 0 saturated carbocycles. The molecule has 3 nitrogen and oxygen atoms in total. The van der Waals surface area contributed by atoms with Gasteiger partial charge < -0.3 is 9.84 Å². The van der Waals surface area contributed by atoms with Crippen molar-refractivity contribution < 1.29 is 14.6 Å². The van der Waals surface area contributed by atoms with Crippen molar-refractivity contribution in [1.29, 1.82) is 0 Å².